The van der Waals surface area contributed by atoms with Gasteiger partial charge in [0.2, 0.25) is 0 Å². The SMILES string of the molecule is C[C@@H]1CNCCN1C(=O)c1ccncc1Cl.Cl.Cl. The number of amides is 1. The van der Waals surface area contributed by atoms with Crippen LogP contribution in [0.3, 0.4) is 0 Å². The number of piperazine rings is 1. The van der Waals surface area contributed by atoms with Crippen molar-refractivity contribution in [1.82, 2.24) is 15.2 Å². The Morgan fingerprint density at radius 3 is 2.89 bits per heavy atom. The van der Waals surface area contributed by atoms with Crippen LogP contribution in [0.1, 0.15) is 17.3 Å². The molecule has 102 valence electrons. The summed E-state index contributed by atoms with van der Waals surface area (Å²) in [4.78, 5) is 17.9. The molecule has 2 heterocycles. The van der Waals surface area contributed by atoms with Crippen LogP contribution in [-0.2, 0) is 0 Å². The molecule has 1 atom stereocenters. The Bertz CT molecular complexity index is 403. The lowest BCUT2D eigenvalue weighted by Crippen LogP contribution is -2.52. The number of carbonyl (C=O) groups excluding carboxylic acids is 1. The Kier molecular flexibility index (Phi) is 7.55. The summed E-state index contributed by atoms with van der Waals surface area (Å²) in [5.74, 6) is -0.0126. The molecule has 18 heavy (non-hydrogen) atoms. The summed E-state index contributed by atoms with van der Waals surface area (Å²) in [5, 5.41) is 3.66. The van der Waals surface area contributed by atoms with Crippen LogP contribution in [0.2, 0.25) is 5.02 Å². The van der Waals surface area contributed by atoms with E-state index in [9.17, 15) is 4.79 Å². The van der Waals surface area contributed by atoms with E-state index in [0.717, 1.165) is 19.6 Å². The van der Waals surface area contributed by atoms with Gasteiger partial charge in [-0.15, -0.1) is 24.8 Å². The van der Waals surface area contributed by atoms with Gasteiger partial charge in [0.1, 0.15) is 0 Å². The standard InChI is InChI=1S/C11H14ClN3O.2ClH/c1-8-6-14-4-5-15(8)11(16)9-2-3-13-7-10(9)12;;/h2-3,7-8,14H,4-6H2,1H3;2*1H/t8-;;/m1../s1. The lowest BCUT2D eigenvalue weighted by molar-refractivity contribution is 0.0656. The van der Waals surface area contributed by atoms with E-state index >= 15 is 0 Å². The highest BCUT2D eigenvalue weighted by Crippen LogP contribution is 2.17. The Morgan fingerprint density at radius 1 is 1.56 bits per heavy atom. The first-order valence-corrected chi connectivity index (χ1v) is 5.69. The van der Waals surface area contributed by atoms with Crippen molar-refractivity contribution in [2.75, 3.05) is 19.6 Å². The molecule has 2 rings (SSSR count). The average Bonchev–Trinajstić information content (AvgIpc) is 2.29. The largest absolute Gasteiger partial charge is 0.333 e. The van der Waals surface area contributed by atoms with Gasteiger partial charge in [-0.2, -0.15) is 0 Å². The van der Waals surface area contributed by atoms with Gasteiger partial charge in [-0.05, 0) is 13.0 Å². The van der Waals surface area contributed by atoms with E-state index in [1.807, 2.05) is 11.8 Å². The maximum Gasteiger partial charge on any atom is 0.255 e. The van der Waals surface area contributed by atoms with Crippen molar-refractivity contribution < 1.29 is 4.79 Å². The summed E-state index contributed by atoms with van der Waals surface area (Å²) in [6.07, 6.45) is 3.09. The summed E-state index contributed by atoms with van der Waals surface area (Å²) in [6.45, 7) is 4.41. The summed E-state index contributed by atoms with van der Waals surface area (Å²) in [5.41, 5.74) is 0.533. The topological polar surface area (TPSA) is 45.2 Å². The van der Waals surface area contributed by atoms with Crippen LogP contribution in [0.4, 0.5) is 0 Å². The molecule has 1 amide bonds. The lowest BCUT2D eigenvalue weighted by Gasteiger charge is -2.34. The molecular formula is C11H16Cl3N3O. The maximum atomic E-state index is 12.2. The molecule has 1 aromatic heterocycles. The molecule has 0 spiro atoms. The molecule has 0 saturated carbocycles. The highest BCUT2D eigenvalue weighted by molar-refractivity contribution is 6.33. The molecule has 1 saturated heterocycles. The van der Waals surface area contributed by atoms with Gasteiger partial charge in [0.15, 0.2) is 0 Å². The third kappa shape index (κ3) is 3.72. The van der Waals surface area contributed by atoms with Gasteiger partial charge in [0, 0.05) is 38.1 Å². The van der Waals surface area contributed by atoms with Crippen molar-refractivity contribution in [3.8, 4) is 0 Å². The number of nitrogens with one attached hydrogen (secondary N) is 1. The van der Waals surface area contributed by atoms with Gasteiger partial charge < -0.3 is 10.2 Å². The predicted octanol–water partition coefficient (Wildman–Crippen LogP) is 2.01. The molecule has 1 fully saturated rings. The third-order valence-corrected chi connectivity index (χ3v) is 3.07. The van der Waals surface area contributed by atoms with Crippen LogP contribution in [0.25, 0.3) is 0 Å². The zero-order valence-electron chi connectivity index (χ0n) is 9.93. The van der Waals surface area contributed by atoms with E-state index in [0.29, 0.717) is 10.6 Å². The van der Waals surface area contributed by atoms with E-state index in [2.05, 4.69) is 10.3 Å². The first-order chi connectivity index (χ1) is 7.70. The van der Waals surface area contributed by atoms with Crippen LogP contribution in [0, 0.1) is 0 Å². The van der Waals surface area contributed by atoms with Crippen molar-refractivity contribution >= 4 is 42.3 Å². The van der Waals surface area contributed by atoms with E-state index in [-0.39, 0.29) is 36.8 Å². The number of hydrogen-bond donors (Lipinski definition) is 1. The summed E-state index contributed by atoms with van der Waals surface area (Å²) < 4.78 is 0. The van der Waals surface area contributed by atoms with Gasteiger partial charge >= 0.3 is 0 Å². The monoisotopic (exact) mass is 311 g/mol. The van der Waals surface area contributed by atoms with Gasteiger partial charge in [0.05, 0.1) is 10.6 Å². The van der Waals surface area contributed by atoms with Crippen molar-refractivity contribution in [2.45, 2.75) is 13.0 Å². The van der Waals surface area contributed by atoms with E-state index in [1.54, 1.807) is 12.3 Å². The van der Waals surface area contributed by atoms with Gasteiger partial charge in [-0.1, -0.05) is 11.6 Å². The second kappa shape index (κ2) is 7.79. The number of aromatic nitrogens is 1. The van der Waals surface area contributed by atoms with Crippen molar-refractivity contribution in [1.29, 1.82) is 0 Å². The predicted molar refractivity (Wildman–Crippen MR) is 77.1 cm³/mol. The Labute approximate surface area is 124 Å². The molecule has 1 aromatic rings. The van der Waals surface area contributed by atoms with Crippen molar-refractivity contribution in [3.05, 3.63) is 29.0 Å². The van der Waals surface area contributed by atoms with Crippen molar-refractivity contribution in [2.24, 2.45) is 0 Å². The fraction of sp³-hybridized carbons (Fsp3) is 0.455. The molecule has 0 aliphatic carbocycles. The molecular weight excluding hydrogens is 296 g/mol. The highest BCUT2D eigenvalue weighted by atomic mass is 35.5. The first kappa shape index (κ1) is 17.4. The zero-order chi connectivity index (χ0) is 11.5. The van der Waals surface area contributed by atoms with Gasteiger partial charge in [0.25, 0.3) is 5.91 Å². The van der Waals surface area contributed by atoms with Gasteiger partial charge in [-0.3, -0.25) is 9.78 Å². The Morgan fingerprint density at radius 2 is 2.28 bits per heavy atom. The second-order valence-corrected chi connectivity index (χ2v) is 4.31. The number of nitrogens with zero attached hydrogens (tertiary/aromatic N) is 2. The van der Waals surface area contributed by atoms with Gasteiger partial charge in [-0.25, -0.2) is 0 Å². The fourth-order valence-corrected chi connectivity index (χ4v) is 2.05. The number of hydrogen-bond acceptors (Lipinski definition) is 3. The quantitative estimate of drug-likeness (QED) is 0.863. The van der Waals surface area contributed by atoms with E-state index in [1.165, 1.54) is 6.20 Å². The van der Waals surface area contributed by atoms with E-state index in [4.69, 9.17) is 11.6 Å². The molecule has 1 N–H and O–H groups in total. The molecule has 0 bridgehead atoms. The molecule has 7 heteroatoms. The number of rotatable bonds is 1. The molecule has 0 aromatic carbocycles. The minimum absolute atomic E-state index is 0. The normalized spacial score (nSPS) is 18.6. The minimum atomic E-state index is -0.0126. The molecule has 0 unspecified atom stereocenters. The lowest BCUT2D eigenvalue weighted by atomic mass is 10.1. The smallest absolute Gasteiger partial charge is 0.255 e. The highest BCUT2D eigenvalue weighted by Gasteiger charge is 2.25. The van der Waals surface area contributed by atoms with E-state index < -0.39 is 0 Å². The van der Waals surface area contributed by atoms with Crippen LogP contribution < -0.4 is 5.32 Å². The minimum Gasteiger partial charge on any atom is -0.333 e. The van der Waals surface area contributed by atoms with Crippen LogP contribution in [0.15, 0.2) is 18.5 Å². The second-order valence-electron chi connectivity index (χ2n) is 3.91. The number of halogens is 3. The van der Waals surface area contributed by atoms with Crippen LogP contribution >= 0.6 is 36.4 Å². The summed E-state index contributed by atoms with van der Waals surface area (Å²) in [7, 11) is 0. The van der Waals surface area contributed by atoms with Crippen molar-refractivity contribution in [3.63, 3.8) is 0 Å². The number of carbonyl (C=O) groups is 1. The third-order valence-electron chi connectivity index (χ3n) is 2.77. The molecule has 1 aliphatic rings. The molecule has 1 aliphatic heterocycles. The zero-order valence-corrected chi connectivity index (χ0v) is 12.3. The summed E-state index contributed by atoms with van der Waals surface area (Å²) >= 11 is 5.96. The average molecular weight is 313 g/mol. The number of pyridine rings is 1. The van der Waals surface area contributed by atoms with Crippen LogP contribution in [0.5, 0.6) is 0 Å². The first-order valence-electron chi connectivity index (χ1n) is 5.31. The maximum absolute atomic E-state index is 12.2. The Hall–Kier alpha value is -0.550. The Balaban J connectivity index is 0.00000144. The molecule has 0 radical (unpaired) electrons. The summed E-state index contributed by atoms with van der Waals surface area (Å²) in [6, 6.07) is 1.87. The van der Waals surface area contributed by atoms with Crippen LogP contribution in [-0.4, -0.2) is 41.5 Å². The fourth-order valence-electron chi connectivity index (χ4n) is 1.85. The molecule has 4 nitrogen and oxygen atoms in total.